The molecule has 0 radical (unpaired) electrons. The first-order valence-corrected chi connectivity index (χ1v) is 8.95. The Morgan fingerprint density at radius 1 is 1.15 bits per heavy atom. The van der Waals surface area contributed by atoms with Crippen molar-refractivity contribution in [3.8, 4) is 5.69 Å². The highest BCUT2D eigenvalue weighted by Gasteiger charge is 2.13. The first-order chi connectivity index (χ1) is 12.9. The number of carbonyl (C=O) groups is 1. The van der Waals surface area contributed by atoms with Crippen LogP contribution in [-0.2, 0) is 13.0 Å². The fraction of sp³-hybridized carbons (Fsp3) is 0.286. The molecular formula is C21H24N4O2. The fourth-order valence-electron chi connectivity index (χ4n) is 2.77. The van der Waals surface area contributed by atoms with E-state index >= 15 is 0 Å². The fourth-order valence-corrected chi connectivity index (χ4v) is 2.77. The van der Waals surface area contributed by atoms with E-state index in [0.29, 0.717) is 18.5 Å². The summed E-state index contributed by atoms with van der Waals surface area (Å²) >= 11 is 0. The molecule has 0 saturated carbocycles. The minimum atomic E-state index is -0.687. The molecule has 0 aliphatic heterocycles. The molecule has 2 N–H and O–H groups in total. The van der Waals surface area contributed by atoms with Crippen LogP contribution in [0.5, 0.6) is 0 Å². The number of hydrogen-bond acceptors (Lipinski definition) is 4. The zero-order valence-corrected chi connectivity index (χ0v) is 15.6. The number of carbonyl (C=O) groups excluding carboxylic acids is 1. The molecular weight excluding hydrogens is 340 g/mol. The molecule has 0 bridgehead atoms. The van der Waals surface area contributed by atoms with Crippen molar-refractivity contribution in [3.63, 3.8) is 0 Å². The van der Waals surface area contributed by atoms with Crippen LogP contribution in [-0.4, -0.2) is 31.4 Å². The van der Waals surface area contributed by atoms with Crippen molar-refractivity contribution in [1.29, 1.82) is 0 Å². The van der Waals surface area contributed by atoms with E-state index in [-0.39, 0.29) is 5.91 Å². The third-order valence-electron chi connectivity index (χ3n) is 4.34. The van der Waals surface area contributed by atoms with Crippen LogP contribution in [0.4, 0.5) is 0 Å². The number of rotatable bonds is 7. The van der Waals surface area contributed by atoms with Crippen LogP contribution in [0, 0.1) is 0 Å². The minimum Gasteiger partial charge on any atom is -0.390 e. The SMILES string of the molecule is CC(C)(O)CCc1ccc(C(=O)NCc2ccccc2-n2cncn2)cc1. The van der Waals surface area contributed by atoms with Gasteiger partial charge < -0.3 is 10.4 Å². The second kappa shape index (κ2) is 8.14. The van der Waals surface area contributed by atoms with E-state index < -0.39 is 5.60 Å². The van der Waals surface area contributed by atoms with Gasteiger partial charge >= 0.3 is 0 Å². The van der Waals surface area contributed by atoms with Crippen LogP contribution in [0.1, 0.15) is 41.8 Å². The van der Waals surface area contributed by atoms with Crippen molar-refractivity contribution >= 4 is 5.91 Å². The number of nitrogens with zero attached hydrogens (tertiary/aromatic N) is 3. The predicted molar refractivity (Wildman–Crippen MR) is 104 cm³/mol. The largest absolute Gasteiger partial charge is 0.390 e. The third kappa shape index (κ3) is 5.24. The lowest BCUT2D eigenvalue weighted by Gasteiger charge is -2.16. The first kappa shape index (κ1) is 18.8. The van der Waals surface area contributed by atoms with Crippen molar-refractivity contribution in [1.82, 2.24) is 20.1 Å². The van der Waals surface area contributed by atoms with Crippen LogP contribution in [0.15, 0.2) is 61.2 Å². The molecule has 0 unspecified atom stereocenters. The number of aromatic nitrogens is 3. The highest BCUT2D eigenvalue weighted by atomic mass is 16.3. The molecule has 6 nitrogen and oxygen atoms in total. The normalized spacial score (nSPS) is 11.4. The number of benzene rings is 2. The molecule has 1 aromatic heterocycles. The van der Waals surface area contributed by atoms with Gasteiger partial charge in [-0.2, -0.15) is 5.10 Å². The van der Waals surface area contributed by atoms with E-state index in [4.69, 9.17) is 0 Å². The van der Waals surface area contributed by atoms with Crippen molar-refractivity contribution in [2.75, 3.05) is 0 Å². The molecule has 1 heterocycles. The number of aliphatic hydroxyl groups is 1. The van der Waals surface area contributed by atoms with Crippen LogP contribution in [0.2, 0.25) is 0 Å². The molecule has 1 amide bonds. The summed E-state index contributed by atoms with van der Waals surface area (Å²) < 4.78 is 1.68. The highest BCUT2D eigenvalue weighted by molar-refractivity contribution is 5.94. The molecule has 0 aliphatic rings. The van der Waals surface area contributed by atoms with Gasteiger partial charge in [0.15, 0.2) is 0 Å². The van der Waals surface area contributed by atoms with Crippen molar-refractivity contribution < 1.29 is 9.90 Å². The number of aryl methyl sites for hydroxylation is 1. The second-order valence-corrected chi connectivity index (χ2v) is 7.16. The summed E-state index contributed by atoms with van der Waals surface area (Å²) in [6.07, 6.45) is 4.57. The Balaban J connectivity index is 1.62. The third-order valence-corrected chi connectivity index (χ3v) is 4.34. The van der Waals surface area contributed by atoms with Gasteiger partial charge in [0.2, 0.25) is 0 Å². The Hall–Kier alpha value is -2.99. The predicted octanol–water partition coefficient (Wildman–Crippen LogP) is 2.90. The quantitative estimate of drug-likeness (QED) is 0.676. The smallest absolute Gasteiger partial charge is 0.251 e. The summed E-state index contributed by atoms with van der Waals surface area (Å²) in [5, 5.41) is 16.9. The van der Waals surface area contributed by atoms with Gasteiger partial charge in [0, 0.05) is 12.1 Å². The van der Waals surface area contributed by atoms with Gasteiger partial charge in [-0.25, -0.2) is 9.67 Å². The molecule has 0 spiro atoms. The van der Waals surface area contributed by atoms with E-state index in [1.807, 2.05) is 48.5 Å². The molecule has 27 heavy (non-hydrogen) atoms. The summed E-state index contributed by atoms with van der Waals surface area (Å²) in [5.74, 6) is -0.127. The number of nitrogens with one attached hydrogen (secondary N) is 1. The maximum atomic E-state index is 12.5. The molecule has 2 aromatic carbocycles. The lowest BCUT2D eigenvalue weighted by atomic mass is 9.98. The summed E-state index contributed by atoms with van der Waals surface area (Å²) in [4.78, 5) is 16.4. The van der Waals surface area contributed by atoms with E-state index in [9.17, 15) is 9.90 Å². The molecule has 0 fully saturated rings. The molecule has 6 heteroatoms. The van der Waals surface area contributed by atoms with Gasteiger partial charge in [-0.1, -0.05) is 30.3 Å². The van der Waals surface area contributed by atoms with E-state index in [1.54, 1.807) is 24.9 Å². The Labute approximate surface area is 158 Å². The van der Waals surface area contributed by atoms with E-state index in [0.717, 1.165) is 23.2 Å². The number of para-hydroxylation sites is 1. The zero-order valence-electron chi connectivity index (χ0n) is 15.6. The highest BCUT2D eigenvalue weighted by Crippen LogP contribution is 2.15. The maximum Gasteiger partial charge on any atom is 0.251 e. The van der Waals surface area contributed by atoms with Gasteiger partial charge in [-0.3, -0.25) is 4.79 Å². The van der Waals surface area contributed by atoms with Gasteiger partial charge in [0.1, 0.15) is 12.7 Å². The molecule has 0 saturated heterocycles. The Morgan fingerprint density at radius 3 is 2.56 bits per heavy atom. The maximum absolute atomic E-state index is 12.5. The number of amides is 1. The monoisotopic (exact) mass is 364 g/mol. The molecule has 0 aliphatic carbocycles. The Bertz CT molecular complexity index is 881. The van der Waals surface area contributed by atoms with Crippen LogP contribution >= 0.6 is 0 Å². The minimum absolute atomic E-state index is 0.127. The van der Waals surface area contributed by atoms with Crippen molar-refractivity contribution in [3.05, 3.63) is 77.9 Å². The van der Waals surface area contributed by atoms with Gasteiger partial charge in [0.25, 0.3) is 5.91 Å². The lowest BCUT2D eigenvalue weighted by molar-refractivity contribution is 0.0713. The average molecular weight is 364 g/mol. The molecule has 0 atom stereocenters. The molecule has 140 valence electrons. The van der Waals surface area contributed by atoms with Crippen LogP contribution in [0.3, 0.4) is 0 Å². The van der Waals surface area contributed by atoms with E-state index in [1.165, 1.54) is 6.33 Å². The number of hydrogen-bond donors (Lipinski definition) is 2. The van der Waals surface area contributed by atoms with Gasteiger partial charge in [0.05, 0.1) is 11.3 Å². The Kier molecular flexibility index (Phi) is 5.66. The summed E-state index contributed by atoms with van der Waals surface area (Å²) in [6, 6.07) is 15.3. The summed E-state index contributed by atoms with van der Waals surface area (Å²) in [5.41, 5.74) is 2.87. The van der Waals surface area contributed by atoms with Crippen LogP contribution < -0.4 is 5.32 Å². The molecule has 3 rings (SSSR count). The van der Waals surface area contributed by atoms with Crippen molar-refractivity contribution in [2.24, 2.45) is 0 Å². The summed E-state index contributed by atoms with van der Waals surface area (Å²) in [6.45, 7) is 3.99. The lowest BCUT2D eigenvalue weighted by Crippen LogP contribution is -2.23. The van der Waals surface area contributed by atoms with Crippen LogP contribution in [0.25, 0.3) is 5.69 Å². The first-order valence-electron chi connectivity index (χ1n) is 8.95. The zero-order chi connectivity index (χ0) is 19.3. The van der Waals surface area contributed by atoms with Crippen molar-refractivity contribution in [2.45, 2.75) is 38.8 Å². The summed E-state index contributed by atoms with van der Waals surface area (Å²) in [7, 11) is 0. The average Bonchev–Trinajstić information content (AvgIpc) is 3.19. The Morgan fingerprint density at radius 2 is 1.89 bits per heavy atom. The van der Waals surface area contributed by atoms with E-state index in [2.05, 4.69) is 15.4 Å². The topological polar surface area (TPSA) is 80.0 Å². The standard InChI is InChI=1S/C21H24N4O2/c1-21(2,27)12-11-16-7-9-17(10-8-16)20(26)23-13-18-5-3-4-6-19(18)25-15-22-14-24-25/h3-10,14-15,27H,11-13H2,1-2H3,(H,23,26). The second-order valence-electron chi connectivity index (χ2n) is 7.16. The van der Waals surface area contributed by atoms with Gasteiger partial charge in [-0.15, -0.1) is 0 Å². The molecule has 3 aromatic rings. The van der Waals surface area contributed by atoms with Gasteiger partial charge in [-0.05, 0) is 56.0 Å².